The Labute approximate surface area is 299 Å². The fraction of sp³-hybridized carbons (Fsp3) is 0.156. The maximum atomic E-state index is 2.64. The number of fused-ring (bicyclic) bond motifs is 9. The van der Waals surface area contributed by atoms with Crippen molar-refractivity contribution >= 4 is 96.4 Å². The minimum absolute atomic E-state index is 0.169. The Bertz CT molecular complexity index is 2570. The summed E-state index contributed by atoms with van der Waals surface area (Å²) < 4.78 is 2.82. The van der Waals surface area contributed by atoms with Crippen LogP contribution in [0, 0.1) is 6.92 Å². The highest BCUT2D eigenvalue weighted by Crippen LogP contribution is 2.49. The smallest absolute Gasteiger partial charge is 0.264 e. The van der Waals surface area contributed by atoms with Gasteiger partial charge >= 0.3 is 0 Å². The summed E-state index contributed by atoms with van der Waals surface area (Å²) in [7, 11) is -1.96. The van der Waals surface area contributed by atoms with Crippen molar-refractivity contribution in [2.75, 3.05) is 9.80 Å². The molecule has 0 saturated heterocycles. The molecule has 6 aromatic carbocycles. The van der Waals surface area contributed by atoms with Crippen molar-refractivity contribution < 1.29 is 0 Å². The summed E-state index contributed by atoms with van der Waals surface area (Å²) in [6, 6.07) is 46.8. The summed E-state index contributed by atoms with van der Waals surface area (Å²) in [6.45, 7) is 7.54. The lowest BCUT2D eigenvalue weighted by Gasteiger charge is -2.48. The van der Waals surface area contributed by atoms with E-state index in [0.717, 1.165) is 0 Å². The highest BCUT2D eigenvalue weighted by atomic mass is 32.1. The largest absolute Gasteiger partial charge is 0.312 e. The zero-order valence-electron chi connectivity index (χ0n) is 28.8. The van der Waals surface area contributed by atoms with E-state index in [4.69, 9.17) is 0 Å². The van der Waals surface area contributed by atoms with Crippen molar-refractivity contribution in [3.05, 3.63) is 138 Å². The topological polar surface area (TPSA) is 6.48 Å². The fourth-order valence-corrected chi connectivity index (χ4v) is 14.1. The summed E-state index contributed by atoms with van der Waals surface area (Å²) in [5, 5.41) is 4.43. The molecule has 7 aromatic rings. The maximum absolute atomic E-state index is 2.64. The van der Waals surface area contributed by atoms with Crippen LogP contribution in [-0.2, 0) is 12.8 Å². The molecule has 0 spiro atoms. The zero-order valence-corrected chi connectivity index (χ0v) is 30.6. The third-order valence-corrected chi connectivity index (χ3v) is 16.8. The van der Waals surface area contributed by atoms with Crippen LogP contribution in [0.4, 0.5) is 34.1 Å². The van der Waals surface area contributed by atoms with E-state index in [1.165, 1.54) is 113 Å². The second kappa shape index (κ2) is 10.3. The molecule has 3 aliphatic heterocycles. The van der Waals surface area contributed by atoms with Gasteiger partial charge in [-0.2, -0.15) is 0 Å². The minimum Gasteiger partial charge on any atom is -0.312 e. The number of anilines is 6. The molecule has 0 unspecified atom stereocenters. The van der Waals surface area contributed by atoms with Gasteiger partial charge in [0.1, 0.15) is 8.07 Å². The van der Waals surface area contributed by atoms with E-state index < -0.39 is 8.07 Å². The van der Waals surface area contributed by atoms with Crippen LogP contribution in [0.15, 0.2) is 121 Å². The molecule has 0 radical (unpaired) electrons. The van der Waals surface area contributed by atoms with Gasteiger partial charge in [0.05, 0.1) is 5.69 Å². The monoisotopic (exact) mass is 676 g/mol. The lowest BCUT2D eigenvalue weighted by atomic mass is 9.36. The molecule has 0 N–H and O–H groups in total. The van der Waals surface area contributed by atoms with E-state index in [1.54, 1.807) is 10.8 Å². The van der Waals surface area contributed by atoms with Gasteiger partial charge < -0.3 is 9.80 Å². The summed E-state index contributed by atoms with van der Waals surface area (Å²) in [5.74, 6) is 0. The van der Waals surface area contributed by atoms with Crippen molar-refractivity contribution in [2.24, 2.45) is 0 Å². The predicted octanol–water partition coefficient (Wildman–Crippen LogP) is 8.97. The van der Waals surface area contributed by atoms with Gasteiger partial charge in [-0.25, -0.2) is 0 Å². The Balaban J connectivity index is 1.24. The summed E-state index contributed by atoms with van der Waals surface area (Å²) in [6.07, 6.45) is 4.96. The van der Waals surface area contributed by atoms with Crippen LogP contribution in [0.3, 0.4) is 0 Å². The Kier molecular flexibility index (Phi) is 5.99. The molecule has 1 aliphatic carbocycles. The summed E-state index contributed by atoms with van der Waals surface area (Å²) >= 11 is 2.01. The van der Waals surface area contributed by atoms with Crippen molar-refractivity contribution in [2.45, 2.75) is 45.7 Å². The van der Waals surface area contributed by atoms with E-state index in [0.29, 0.717) is 0 Å². The third-order valence-electron chi connectivity index (χ3n) is 12.0. The van der Waals surface area contributed by atoms with Gasteiger partial charge in [0.25, 0.3) is 6.71 Å². The number of benzene rings is 6. The fourth-order valence-electron chi connectivity index (χ4n) is 9.83. The van der Waals surface area contributed by atoms with E-state index in [-0.39, 0.29) is 6.71 Å². The van der Waals surface area contributed by atoms with Crippen LogP contribution in [0.2, 0.25) is 13.1 Å². The van der Waals surface area contributed by atoms with Gasteiger partial charge in [-0.05, 0) is 124 Å². The van der Waals surface area contributed by atoms with E-state index in [2.05, 4.69) is 151 Å². The second-order valence-corrected chi connectivity index (χ2v) is 20.6. The van der Waals surface area contributed by atoms with Gasteiger partial charge in [-0.1, -0.05) is 92.0 Å². The number of hydrogen-bond donors (Lipinski definition) is 0. The van der Waals surface area contributed by atoms with Gasteiger partial charge in [0.2, 0.25) is 0 Å². The van der Waals surface area contributed by atoms with Gasteiger partial charge in [0.15, 0.2) is 0 Å². The normalized spacial score (nSPS) is 16.0. The molecule has 1 aromatic heterocycles. The lowest BCUT2D eigenvalue weighted by molar-refractivity contribution is 0.687. The third kappa shape index (κ3) is 3.80. The lowest BCUT2D eigenvalue weighted by Crippen LogP contribution is -2.67. The van der Waals surface area contributed by atoms with E-state index in [9.17, 15) is 0 Å². The van der Waals surface area contributed by atoms with E-state index in [1.807, 2.05) is 11.3 Å². The molecule has 2 nitrogen and oxygen atoms in total. The van der Waals surface area contributed by atoms with E-state index >= 15 is 0 Å². The molecule has 4 heterocycles. The number of para-hydroxylation sites is 3. The van der Waals surface area contributed by atoms with Crippen molar-refractivity contribution in [1.29, 1.82) is 0 Å². The van der Waals surface area contributed by atoms with Gasteiger partial charge in [-0.3, -0.25) is 0 Å². The number of nitrogens with zero attached hydrogens (tertiary/aromatic N) is 2. The number of thiophene rings is 1. The Morgan fingerprint density at radius 1 is 0.660 bits per heavy atom. The van der Waals surface area contributed by atoms with Crippen LogP contribution in [0.1, 0.15) is 29.5 Å². The standard InChI is InChI=1S/C45H37BN2SSi/c1-28-25-37-42-38(26-28)48-36-20-9-10-21-40(36)50(2,3)41-22-12-19-35(44(41)48)46(42)45-43(47(37)31-15-5-4-6-16-31)34-27-30(23-24-39(34)49-45)33-18-11-14-29-13-7-8-17-32(29)33/h4-6,9-12,14-16,18-27H,7-8,13,17H2,1-3H3. The molecule has 0 bridgehead atoms. The van der Waals surface area contributed by atoms with Crippen LogP contribution in [0.25, 0.3) is 21.2 Å². The van der Waals surface area contributed by atoms with Crippen LogP contribution in [0.5, 0.6) is 0 Å². The first-order valence-electron chi connectivity index (χ1n) is 18.2. The van der Waals surface area contributed by atoms with Crippen LogP contribution >= 0.6 is 11.3 Å². The highest BCUT2D eigenvalue weighted by molar-refractivity contribution is 7.33. The zero-order chi connectivity index (χ0) is 33.3. The van der Waals surface area contributed by atoms with Crippen LogP contribution in [-0.4, -0.2) is 14.8 Å². The first-order chi connectivity index (χ1) is 24.5. The summed E-state index contributed by atoms with van der Waals surface area (Å²) in [4.78, 5) is 5.24. The average Bonchev–Trinajstić information content (AvgIpc) is 3.52. The molecular weight excluding hydrogens is 639 g/mol. The molecule has 0 saturated carbocycles. The van der Waals surface area contributed by atoms with Gasteiger partial charge in [0, 0.05) is 43.3 Å². The number of rotatable bonds is 2. The molecule has 0 atom stereocenters. The Hall–Kier alpha value is -4.84. The predicted molar refractivity (Wildman–Crippen MR) is 219 cm³/mol. The molecule has 50 heavy (non-hydrogen) atoms. The summed E-state index contributed by atoms with van der Waals surface area (Å²) in [5.41, 5.74) is 18.0. The molecule has 240 valence electrons. The quantitative estimate of drug-likeness (QED) is 0.169. The first kappa shape index (κ1) is 28.9. The second-order valence-electron chi connectivity index (χ2n) is 15.2. The first-order valence-corrected chi connectivity index (χ1v) is 22.0. The number of hydrogen-bond acceptors (Lipinski definition) is 3. The number of aryl methyl sites for hydroxylation is 2. The van der Waals surface area contributed by atoms with Gasteiger partial charge in [-0.15, -0.1) is 11.3 Å². The molecule has 11 rings (SSSR count). The van der Waals surface area contributed by atoms with Crippen LogP contribution < -0.4 is 35.9 Å². The Morgan fingerprint density at radius 3 is 2.30 bits per heavy atom. The van der Waals surface area contributed by atoms with Crippen molar-refractivity contribution in [3.8, 4) is 11.1 Å². The average molecular weight is 677 g/mol. The molecular formula is C45H37BN2SSi. The Morgan fingerprint density at radius 2 is 1.42 bits per heavy atom. The molecule has 5 heteroatoms. The maximum Gasteiger partial charge on any atom is 0.264 e. The molecule has 0 amide bonds. The van der Waals surface area contributed by atoms with Crippen molar-refractivity contribution in [3.63, 3.8) is 0 Å². The molecule has 4 aliphatic rings. The highest BCUT2D eigenvalue weighted by Gasteiger charge is 2.49. The minimum atomic E-state index is -1.96. The SMILES string of the molecule is Cc1cc2c3c(c1)N(c1ccccc1)c1c(sc4ccc(-c5cccc6c5CCCC6)cc14)B3c1cccc3c1N2c1ccccc1[Si]3(C)C. The van der Waals surface area contributed by atoms with Crippen molar-refractivity contribution in [1.82, 2.24) is 0 Å². The molecule has 0 fully saturated rings.